The van der Waals surface area contributed by atoms with Gasteiger partial charge in [-0.2, -0.15) is 11.8 Å². The van der Waals surface area contributed by atoms with Gasteiger partial charge in [0.25, 0.3) is 5.91 Å². The minimum absolute atomic E-state index is 0.186. The fourth-order valence-corrected chi connectivity index (χ4v) is 4.50. The molecule has 0 aromatic heterocycles. The maximum atomic E-state index is 12.4. The number of fused-ring (bicyclic) bond motifs is 1. The highest BCUT2D eigenvalue weighted by atomic mass is 35.6. The highest BCUT2D eigenvalue weighted by Crippen LogP contribution is 2.41. The average molecular weight is 420 g/mol. The summed E-state index contributed by atoms with van der Waals surface area (Å²) in [6, 6.07) is -0.635. The second-order valence-electron chi connectivity index (χ2n) is 4.75. The Labute approximate surface area is 156 Å². The minimum Gasteiger partial charge on any atom is -0.456 e. The van der Waals surface area contributed by atoms with E-state index < -0.39 is 22.4 Å². The van der Waals surface area contributed by atoms with Gasteiger partial charge in [-0.1, -0.05) is 34.8 Å². The first-order valence-electron chi connectivity index (χ1n) is 6.39. The zero-order chi connectivity index (χ0) is 17.2. The first-order valence-corrected chi connectivity index (χ1v) is 9.97. The van der Waals surface area contributed by atoms with Crippen molar-refractivity contribution >= 4 is 76.6 Å². The predicted molar refractivity (Wildman–Crippen MR) is 92.7 cm³/mol. The summed E-state index contributed by atoms with van der Waals surface area (Å²) in [7, 11) is 0. The summed E-state index contributed by atoms with van der Waals surface area (Å²) in [6.45, 7) is -0.414. The van der Waals surface area contributed by atoms with Crippen molar-refractivity contribution in [1.29, 1.82) is 0 Å². The van der Waals surface area contributed by atoms with Gasteiger partial charge in [-0.05, 0) is 11.8 Å². The van der Waals surface area contributed by atoms with Gasteiger partial charge in [0.15, 0.2) is 0 Å². The molecular formula is C12H13Cl3N2O4S2. The van der Waals surface area contributed by atoms with E-state index in [1.165, 1.54) is 28.4 Å². The lowest BCUT2D eigenvalue weighted by atomic mass is 10.0. The third kappa shape index (κ3) is 4.22. The van der Waals surface area contributed by atoms with Crippen LogP contribution in [0.1, 0.15) is 0 Å². The molecular weight excluding hydrogens is 407 g/mol. The molecule has 11 heteroatoms. The summed E-state index contributed by atoms with van der Waals surface area (Å²) in [5.41, 5.74) is 0.970. The Morgan fingerprint density at radius 3 is 2.83 bits per heavy atom. The molecule has 1 N–H and O–H groups in total. The third-order valence-corrected chi connectivity index (χ3v) is 5.48. The van der Waals surface area contributed by atoms with Gasteiger partial charge in [0.05, 0.1) is 0 Å². The Morgan fingerprint density at radius 1 is 1.57 bits per heavy atom. The van der Waals surface area contributed by atoms with Crippen LogP contribution >= 0.6 is 58.3 Å². The molecule has 0 aliphatic carbocycles. The smallest absolute Gasteiger partial charge is 0.355 e. The van der Waals surface area contributed by atoms with Crippen molar-refractivity contribution in [3.05, 3.63) is 11.3 Å². The van der Waals surface area contributed by atoms with Crippen molar-refractivity contribution in [2.45, 2.75) is 15.2 Å². The van der Waals surface area contributed by atoms with Crippen LogP contribution in [0.4, 0.5) is 0 Å². The average Bonchev–Trinajstić information content (AvgIpc) is 2.49. The Balaban J connectivity index is 2.21. The molecule has 2 rings (SSSR count). The maximum absolute atomic E-state index is 12.4. The number of carbonyl (C=O) groups excluding carboxylic acids is 3. The molecule has 0 bridgehead atoms. The minimum atomic E-state index is -1.72. The third-order valence-electron chi connectivity index (χ3n) is 3.17. The molecule has 23 heavy (non-hydrogen) atoms. The number of thioether (sulfide) groups is 2. The summed E-state index contributed by atoms with van der Waals surface area (Å²) in [5.74, 6) is 0.0789. The zero-order valence-corrected chi connectivity index (χ0v) is 15.8. The standard InChI is InChI=1S/C12H13Cl3N2O4S2/c1-22-2-6-3-23-10-7(16-5-18)9(19)17(10)8(6)11(20)21-4-12(13,14)15/h5,7,10H,2-4H2,1H3,(H,16,18)/t7-,10+/m1/s1. The highest BCUT2D eigenvalue weighted by Gasteiger charge is 2.53. The van der Waals surface area contributed by atoms with Crippen LogP contribution in [0, 0.1) is 0 Å². The van der Waals surface area contributed by atoms with Crippen molar-refractivity contribution in [3.8, 4) is 0 Å². The van der Waals surface area contributed by atoms with Crippen LogP contribution in [0.25, 0.3) is 0 Å². The quantitative estimate of drug-likeness (QED) is 0.305. The summed E-state index contributed by atoms with van der Waals surface area (Å²) in [5, 5.41) is 2.13. The summed E-state index contributed by atoms with van der Waals surface area (Å²) in [6.07, 6.45) is 2.37. The van der Waals surface area contributed by atoms with Crippen LogP contribution in [0.2, 0.25) is 0 Å². The van der Waals surface area contributed by atoms with Crippen molar-refractivity contribution in [2.24, 2.45) is 0 Å². The lowest BCUT2D eigenvalue weighted by Gasteiger charge is -2.49. The molecule has 0 radical (unpaired) electrons. The van der Waals surface area contributed by atoms with Crippen LogP contribution < -0.4 is 5.32 Å². The number of hydrogen-bond acceptors (Lipinski definition) is 6. The van der Waals surface area contributed by atoms with Gasteiger partial charge in [0.1, 0.15) is 23.7 Å². The molecule has 1 fully saturated rings. The number of nitrogens with zero attached hydrogens (tertiary/aromatic N) is 1. The Morgan fingerprint density at radius 2 is 2.26 bits per heavy atom. The lowest BCUT2D eigenvalue weighted by molar-refractivity contribution is -0.152. The number of ether oxygens (including phenoxy) is 1. The van der Waals surface area contributed by atoms with Gasteiger partial charge >= 0.3 is 5.97 Å². The molecule has 0 unspecified atom stereocenters. The van der Waals surface area contributed by atoms with Crippen molar-refractivity contribution < 1.29 is 19.1 Å². The topological polar surface area (TPSA) is 75.7 Å². The number of β-lactam (4-membered cyclic amide) rings is 1. The maximum Gasteiger partial charge on any atom is 0.355 e. The lowest BCUT2D eigenvalue weighted by Crippen LogP contribution is -2.69. The molecule has 6 nitrogen and oxygen atoms in total. The van der Waals surface area contributed by atoms with Crippen molar-refractivity contribution in [3.63, 3.8) is 0 Å². The molecule has 0 aromatic rings. The number of rotatable bonds is 6. The Hall–Kier alpha value is -0.280. The second kappa shape index (κ2) is 7.74. The van der Waals surface area contributed by atoms with Crippen LogP contribution in [0.3, 0.4) is 0 Å². The molecule has 2 amide bonds. The fraction of sp³-hybridized carbons (Fsp3) is 0.583. The van der Waals surface area contributed by atoms with Gasteiger partial charge in [-0.3, -0.25) is 14.5 Å². The van der Waals surface area contributed by atoms with Crippen LogP contribution in [-0.4, -0.2) is 62.8 Å². The second-order valence-corrected chi connectivity index (χ2v) is 9.24. The van der Waals surface area contributed by atoms with Gasteiger partial charge in [0, 0.05) is 11.5 Å². The van der Waals surface area contributed by atoms with Crippen LogP contribution in [0.5, 0.6) is 0 Å². The summed E-state index contributed by atoms with van der Waals surface area (Å²) in [4.78, 5) is 36.5. The molecule has 0 saturated carbocycles. The number of alkyl halides is 3. The van der Waals surface area contributed by atoms with Crippen LogP contribution in [-0.2, 0) is 19.1 Å². The van der Waals surface area contributed by atoms with Gasteiger partial charge in [-0.25, -0.2) is 4.79 Å². The Kier molecular flexibility index (Phi) is 6.41. The van der Waals surface area contributed by atoms with E-state index >= 15 is 0 Å². The van der Waals surface area contributed by atoms with E-state index in [9.17, 15) is 14.4 Å². The molecule has 2 aliphatic rings. The number of carbonyl (C=O) groups is 3. The number of amides is 2. The summed E-state index contributed by atoms with van der Waals surface area (Å²) >= 11 is 19.8. The molecule has 2 aliphatic heterocycles. The van der Waals surface area contributed by atoms with Crippen molar-refractivity contribution in [1.82, 2.24) is 10.2 Å². The normalized spacial score (nSPS) is 24.0. The number of nitrogens with one attached hydrogen (secondary N) is 1. The number of hydrogen-bond donors (Lipinski definition) is 1. The van der Waals surface area contributed by atoms with E-state index in [0.717, 1.165) is 5.57 Å². The van der Waals surface area contributed by atoms with E-state index in [1.807, 2.05) is 6.26 Å². The first-order chi connectivity index (χ1) is 10.8. The SMILES string of the molecule is CSCC1=C(C(=O)OCC(Cl)(Cl)Cl)N2C(=O)[C@@H](NC=O)[C@@H]2SC1. The number of halogens is 3. The fourth-order valence-electron chi connectivity index (χ4n) is 2.27. The van der Waals surface area contributed by atoms with E-state index in [-0.39, 0.29) is 17.0 Å². The monoisotopic (exact) mass is 418 g/mol. The molecule has 1 saturated heterocycles. The largest absolute Gasteiger partial charge is 0.456 e. The van der Waals surface area contributed by atoms with Crippen LogP contribution in [0.15, 0.2) is 11.3 Å². The van der Waals surface area contributed by atoms with Gasteiger partial charge in [-0.15, -0.1) is 11.8 Å². The summed E-state index contributed by atoms with van der Waals surface area (Å²) < 4.78 is 3.30. The molecule has 2 atom stereocenters. The molecule has 0 spiro atoms. The van der Waals surface area contributed by atoms with E-state index in [4.69, 9.17) is 39.5 Å². The predicted octanol–water partition coefficient (Wildman–Crippen LogP) is 1.55. The first kappa shape index (κ1) is 19.1. The van der Waals surface area contributed by atoms with E-state index in [2.05, 4.69) is 5.32 Å². The highest BCUT2D eigenvalue weighted by molar-refractivity contribution is 8.00. The van der Waals surface area contributed by atoms with E-state index in [0.29, 0.717) is 17.9 Å². The Bertz CT molecular complexity index is 553. The zero-order valence-electron chi connectivity index (χ0n) is 11.9. The van der Waals surface area contributed by atoms with Gasteiger partial charge < -0.3 is 10.1 Å². The molecule has 0 aromatic carbocycles. The molecule has 128 valence electrons. The van der Waals surface area contributed by atoms with E-state index in [1.54, 1.807) is 0 Å². The number of esters is 1. The molecule has 2 heterocycles. The van der Waals surface area contributed by atoms with Gasteiger partial charge in [0.2, 0.25) is 10.2 Å². The van der Waals surface area contributed by atoms with Crippen molar-refractivity contribution in [2.75, 3.05) is 24.4 Å².